The summed E-state index contributed by atoms with van der Waals surface area (Å²) in [5.74, 6) is 0. The molecule has 2 saturated carbocycles. The molecule has 0 bridgehead atoms. The Hall–Kier alpha value is 0.580. The summed E-state index contributed by atoms with van der Waals surface area (Å²) >= 11 is 12.1. The van der Waals surface area contributed by atoms with E-state index in [1.54, 1.807) is 0 Å². The van der Waals surface area contributed by atoms with E-state index in [4.69, 9.17) is 23.2 Å². The minimum Gasteiger partial charge on any atom is -0.117 e. The fourth-order valence-electron chi connectivity index (χ4n) is 1.12. The van der Waals surface area contributed by atoms with Gasteiger partial charge in [0.2, 0.25) is 0 Å². The predicted molar refractivity (Wildman–Crippen MR) is 35.6 cm³/mol. The highest BCUT2D eigenvalue weighted by Crippen LogP contribution is 2.65. The van der Waals surface area contributed by atoms with E-state index in [0.717, 1.165) is 25.7 Å². The van der Waals surface area contributed by atoms with Gasteiger partial charge >= 0.3 is 0 Å². The van der Waals surface area contributed by atoms with Crippen LogP contribution in [0.25, 0.3) is 0 Å². The standard InChI is InChI=1S/C6H8Cl2/c7-5(1-2-5)6(8)3-4-6/h1-4H2. The van der Waals surface area contributed by atoms with Gasteiger partial charge in [0.25, 0.3) is 0 Å². The van der Waals surface area contributed by atoms with E-state index < -0.39 is 0 Å². The quantitative estimate of drug-likeness (QED) is 0.505. The minimum atomic E-state index is 0.0363. The van der Waals surface area contributed by atoms with E-state index in [0.29, 0.717) is 0 Å². The monoisotopic (exact) mass is 150 g/mol. The van der Waals surface area contributed by atoms with E-state index in [1.807, 2.05) is 0 Å². The molecule has 2 aliphatic rings. The average Bonchev–Trinajstić information content (AvgIpc) is 2.46. The van der Waals surface area contributed by atoms with Gasteiger partial charge in [-0.3, -0.25) is 0 Å². The van der Waals surface area contributed by atoms with Crippen molar-refractivity contribution in [2.75, 3.05) is 0 Å². The zero-order valence-corrected chi connectivity index (χ0v) is 6.10. The van der Waals surface area contributed by atoms with Crippen LogP contribution in [0.5, 0.6) is 0 Å². The van der Waals surface area contributed by atoms with Gasteiger partial charge in [0, 0.05) is 0 Å². The first-order chi connectivity index (χ1) is 3.66. The Balaban J connectivity index is 2.15. The van der Waals surface area contributed by atoms with Crippen LogP contribution in [0.2, 0.25) is 0 Å². The highest BCUT2D eigenvalue weighted by molar-refractivity contribution is 6.37. The predicted octanol–water partition coefficient (Wildman–Crippen LogP) is 2.53. The Labute approximate surface area is 59.2 Å². The summed E-state index contributed by atoms with van der Waals surface area (Å²) in [5.41, 5.74) is 0. The van der Waals surface area contributed by atoms with Crippen molar-refractivity contribution in [2.24, 2.45) is 0 Å². The molecular formula is C6H8Cl2. The summed E-state index contributed by atoms with van der Waals surface area (Å²) in [6.45, 7) is 0. The summed E-state index contributed by atoms with van der Waals surface area (Å²) in [7, 11) is 0. The molecule has 0 amide bonds. The second-order valence-electron chi connectivity index (χ2n) is 2.93. The maximum atomic E-state index is 6.05. The maximum Gasteiger partial charge on any atom is 0.0639 e. The second kappa shape index (κ2) is 1.19. The van der Waals surface area contributed by atoms with Crippen molar-refractivity contribution in [1.82, 2.24) is 0 Å². The smallest absolute Gasteiger partial charge is 0.0639 e. The van der Waals surface area contributed by atoms with E-state index in [1.165, 1.54) is 0 Å². The normalized spacial score (nSPS) is 36.8. The highest BCUT2D eigenvalue weighted by Gasteiger charge is 2.63. The summed E-state index contributed by atoms with van der Waals surface area (Å²) in [4.78, 5) is 0.0725. The summed E-state index contributed by atoms with van der Waals surface area (Å²) in [5, 5.41) is 0. The first-order valence-electron chi connectivity index (χ1n) is 3.04. The molecular weight excluding hydrogens is 143 g/mol. The fraction of sp³-hybridized carbons (Fsp3) is 1.00. The molecule has 0 aromatic carbocycles. The number of hydrogen-bond donors (Lipinski definition) is 0. The molecule has 2 aliphatic carbocycles. The summed E-state index contributed by atoms with van der Waals surface area (Å²) in [6.07, 6.45) is 4.55. The first kappa shape index (κ1) is 5.37. The van der Waals surface area contributed by atoms with Crippen molar-refractivity contribution in [3.63, 3.8) is 0 Å². The number of alkyl halides is 2. The van der Waals surface area contributed by atoms with Crippen LogP contribution in [0.4, 0.5) is 0 Å². The molecule has 0 saturated heterocycles. The second-order valence-corrected chi connectivity index (χ2v) is 4.38. The number of hydrogen-bond acceptors (Lipinski definition) is 0. The topological polar surface area (TPSA) is 0 Å². The minimum absolute atomic E-state index is 0.0363. The Morgan fingerprint density at radius 3 is 1.12 bits per heavy atom. The van der Waals surface area contributed by atoms with Gasteiger partial charge in [0.1, 0.15) is 0 Å². The van der Waals surface area contributed by atoms with Crippen molar-refractivity contribution >= 4 is 23.2 Å². The Morgan fingerprint density at radius 2 is 1.00 bits per heavy atom. The molecule has 0 spiro atoms. The molecule has 0 aromatic rings. The van der Waals surface area contributed by atoms with Crippen LogP contribution in [0.3, 0.4) is 0 Å². The molecule has 0 nitrogen and oxygen atoms in total. The summed E-state index contributed by atoms with van der Waals surface area (Å²) in [6, 6.07) is 0. The molecule has 0 radical (unpaired) electrons. The molecule has 0 aromatic heterocycles. The van der Waals surface area contributed by atoms with Gasteiger partial charge in [-0.1, -0.05) is 0 Å². The van der Waals surface area contributed by atoms with Crippen LogP contribution in [0.1, 0.15) is 25.7 Å². The molecule has 2 fully saturated rings. The van der Waals surface area contributed by atoms with Crippen LogP contribution in [0.15, 0.2) is 0 Å². The highest BCUT2D eigenvalue weighted by atomic mass is 35.5. The lowest BCUT2D eigenvalue weighted by atomic mass is 10.2. The van der Waals surface area contributed by atoms with Crippen molar-refractivity contribution in [2.45, 2.75) is 35.4 Å². The van der Waals surface area contributed by atoms with E-state index >= 15 is 0 Å². The zero-order chi connectivity index (χ0) is 5.83. The molecule has 46 valence electrons. The third kappa shape index (κ3) is 0.534. The third-order valence-electron chi connectivity index (χ3n) is 2.18. The lowest BCUT2D eigenvalue weighted by Gasteiger charge is -2.09. The maximum absolute atomic E-state index is 6.05. The van der Waals surface area contributed by atoms with Crippen LogP contribution in [0, 0.1) is 0 Å². The lowest BCUT2D eigenvalue weighted by molar-refractivity contribution is 0.796. The van der Waals surface area contributed by atoms with Gasteiger partial charge in [0.15, 0.2) is 0 Å². The SMILES string of the molecule is ClC1(C2(Cl)CC2)CC1. The van der Waals surface area contributed by atoms with Crippen LogP contribution < -0.4 is 0 Å². The van der Waals surface area contributed by atoms with Gasteiger partial charge in [-0.25, -0.2) is 0 Å². The van der Waals surface area contributed by atoms with Crippen molar-refractivity contribution in [1.29, 1.82) is 0 Å². The van der Waals surface area contributed by atoms with E-state index in [2.05, 4.69) is 0 Å². The Kier molecular flexibility index (Phi) is 0.802. The van der Waals surface area contributed by atoms with E-state index in [-0.39, 0.29) is 9.75 Å². The zero-order valence-electron chi connectivity index (χ0n) is 4.58. The molecule has 0 heterocycles. The molecule has 2 rings (SSSR count). The fourth-order valence-corrected chi connectivity index (χ4v) is 1.68. The molecule has 0 N–H and O–H groups in total. The van der Waals surface area contributed by atoms with Crippen LogP contribution >= 0.6 is 23.2 Å². The molecule has 2 heteroatoms. The van der Waals surface area contributed by atoms with Gasteiger partial charge < -0.3 is 0 Å². The third-order valence-corrected chi connectivity index (χ3v) is 3.76. The van der Waals surface area contributed by atoms with Crippen LogP contribution in [-0.2, 0) is 0 Å². The van der Waals surface area contributed by atoms with Crippen molar-refractivity contribution in [3.8, 4) is 0 Å². The Morgan fingerprint density at radius 1 is 0.750 bits per heavy atom. The molecule has 0 aliphatic heterocycles. The van der Waals surface area contributed by atoms with E-state index in [9.17, 15) is 0 Å². The van der Waals surface area contributed by atoms with Gasteiger partial charge in [-0.05, 0) is 25.7 Å². The van der Waals surface area contributed by atoms with Gasteiger partial charge in [-0.15, -0.1) is 23.2 Å². The molecule has 0 unspecified atom stereocenters. The number of rotatable bonds is 1. The first-order valence-corrected chi connectivity index (χ1v) is 3.80. The van der Waals surface area contributed by atoms with Gasteiger partial charge in [-0.2, -0.15) is 0 Å². The largest absolute Gasteiger partial charge is 0.117 e. The van der Waals surface area contributed by atoms with Crippen LogP contribution in [-0.4, -0.2) is 9.75 Å². The lowest BCUT2D eigenvalue weighted by Crippen LogP contribution is -2.16. The summed E-state index contributed by atoms with van der Waals surface area (Å²) < 4.78 is 0. The Bertz CT molecular complexity index is 106. The van der Waals surface area contributed by atoms with Crippen molar-refractivity contribution in [3.05, 3.63) is 0 Å². The van der Waals surface area contributed by atoms with Gasteiger partial charge in [0.05, 0.1) is 9.75 Å². The molecule has 0 atom stereocenters. The number of halogens is 2. The molecule has 8 heavy (non-hydrogen) atoms. The van der Waals surface area contributed by atoms with Crippen molar-refractivity contribution < 1.29 is 0 Å². The average molecular weight is 151 g/mol.